The zero-order chi connectivity index (χ0) is 23.7. The summed E-state index contributed by atoms with van der Waals surface area (Å²) < 4.78 is 2.34. The number of benzene rings is 3. The smallest absolute Gasteiger partial charge is 0.200 e. The van der Waals surface area contributed by atoms with Gasteiger partial charge in [0.05, 0.1) is 10.9 Å². The third kappa shape index (κ3) is 3.97. The summed E-state index contributed by atoms with van der Waals surface area (Å²) in [6.45, 7) is 16.4. The predicted octanol–water partition coefficient (Wildman–Crippen LogP) is 8.43. The number of nitrogens with zero attached hydrogens (tertiary/aromatic N) is 1. The van der Waals surface area contributed by atoms with E-state index in [1.54, 1.807) is 0 Å². The molecular weight excluding hydrogens is 418 g/mol. The van der Waals surface area contributed by atoms with Gasteiger partial charge in [0.15, 0.2) is 6.20 Å². The molecule has 4 aromatic rings. The van der Waals surface area contributed by atoms with Crippen LogP contribution in [0.25, 0.3) is 32.8 Å². The van der Waals surface area contributed by atoms with E-state index in [2.05, 4.69) is 109 Å². The van der Waals surface area contributed by atoms with Crippen LogP contribution >= 0.6 is 11.8 Å². The highest BCUT2D eigenvalue weighted by atomic mass is 32.2. The molecule has 0 aliphatic carbocycles. The summed E-state index contributed by atoms with van der Waals surface area (Å²) in [4.78, 5) is 2.87. The first-order valence-electron chi connectivity index (χ1n) is 12.1. The molecule has 0 radical (unpaired) electrons. The second-order valence-electron chi connectivity index (χ2n) is 12.3. The van der Waals surface area contributed by atoms with Gasteiger partial charge in [-0.05, 0) is 69.5 Å². The minimum absolute atomic E-state index is 0.217. The molecule has 0 unspecified atom stereocenters. The average molecular weight is 455 g/mol. The molecular formula is C31H36NS+. The third-order valence-electron chi connectivity index (χ3n) is 6.68. The Morgan fingerprint density at radius 1 is 0.848 bits per heavy atom. The van der Waals surface area contributed by atoms with Crippen molar-refractivity contribution < 1.29 is 4.57 Å². The highest BCUT2D eigenvalue weighted by Crippen LogP contribution is 2.52. The van der Waals surface area contributed by atoms with Gasteiger partial charge in [0.2, 0.25) is 5.69 Å². The maximum absolute atomic E-state index is 2.47. The lowest BCUT2D eigenvalue weighted by atomic mass is 9.83. The summed E-state index contributed by atoms with van der Waals surface area (Å²) in [6, 6.07) is 16.2. The molecule has 2 heteroatoms. The van der Waals surface area contributed by atoms with Gasteiger partial charge in [0.1, 0.15) is 7.05 Å². The van der Waals surface area contributed by atoms with Crippen LogP contribution in [0.3, 0.4) is 0 Å². The van der Waals surface area contributed by atoms with Gasteiger partial charge in [-0.25, -0.2) is 4.57 Å². The quantitative estimate of drug-likeness (QED) is 0.242. The number of hydrogen-bond acceptors (Lipinski definition) is 1. The lowest BCUT2D eigenvalue weighted by molar-refractivity contribution is -0.659. The molecule has 1 aliphatic rings. The Morgan fingerprint density at radius 3 is 2.18 bits per heavy atom. The summed E-state index contributed by atoms with van der Waals surface area (Å²) >= 11 is 2.01. The Hall–Kier alpha value is -2.32. The summed E-state index contributed by atoms with van der Waals surface area (Å²) in [7, 11) is 2.21. The maximum atomic E-state index is 2.47. The standard InChI is InChI=1S/C31H36NS/c1-19-22-11-9-10-12-23(22)24(18-31(5,6)7)29-26(19)28-27-21(13-14-32(28)8)15-20(16-25(27)33-29)17-30(2,3)4/h9-16H,17-18H2,1-8H3/q+1. The molecule has 0 amide bonds. The minimum atomic E-state index is 0.217. The molecule has 0 N–H and O–H groups in total. The average Bonchev–Trinajstić information content (AvgIpc) is 2.71. The Morgan fingerprint density at radius 2 is 1.52 bits per heavy atom. The number of aryl methyl sites for hydroxylation is 2. The largest absolute Gasteiger partial charge is 0.222 e. The van der Waals surface area contributed by atoms with Crippen molar-refractivity contribution in [3.05, 3.63) is 65.4 Å². The van der Waals surface area contributed by atoms with Gasteiger partial charge in [-0.1, -0.05) is 83.6 Å². The first-order chi connectivity index (χ1) is 15.4. The van der Waals surface area contributed by atoms with E-state index < -0.39 is 0 Å². The zero-order valence-corrected chi connectivity index (χ0v) is 22.2. The Bertz CT molecular complexity index is 1410. The van der Waals surface area contributed by atoms with Crippen molar-refractivity contribution >= 4 is 33.3 Å². The Kier molecular flexibility index (Phi) is 5.17. The molecule has 33 heavy (non-hydrogen) atoms. The summed E-state index contributed by atoms with van der Waals surface area (Å²) in [5.74, 6) is 0. The van der Waals surface area contributed by atoms with Crippen molar-refractivity contribution in [1.82, 2.24) is 0 Å². The zero-order valence-electron chi connectivity index (χ0n) is 21.4. The van der Waals surface area contributed by atoms with Crippen LogP contribution in [-0.4, -0.2) is 0 Å². The molecule has 1 nitrogen and oxygen atoms in total. The molecule has 0 saturated heterocycles. The van der Waals surface area contributed by atoms with E-state index in [1.807, 2.05) is 11.8 Å². The monoisotopic (exact) mass is 454 g/mol. The molecule has 170 valence electrons. The molecule has 1 aliphatic heterocycles. The lowest BCUT2D eigenvalue weighted by Gasteiger charge is -2.28. The maximum Gasteiger partial charge on any atom is 0.222 e. The van der Waals surface area contributed by atoms with Crippen LogP contribution in [0.1, 0.15) is 58.2 Å². The van der Waals surface area contributed by atoms with Crippen LogP contribution in [0, 0.1) is 17.8 Å². The fourth-order valence-corrected chi connectivity index (χ4v) is 6.89. The molecule has 1 aromatic heterocycles. The van der Waals surface area contributed by atoms with E-state index in [-0.39, 0.29) is 10.8 Å². The number of hydrogen-bond donors (Lipinski definition) is 0. The molecule has 0 fully saturated rings. The highest BCUT2D eigenvalue weighted by Gasteiger charge is 2.33. The van der Waals surface area contributed by atoms with Gasteiger partial charge in [-0.3, -0.25) is 0 Å². The summed E-state index contributed by atoms with van der Waals surface area (Å²) in [6.07, 6.45) is 4.41. The van der Waals surface area contributed by atoms with Gasteiger partial charge >= 0.3 is 0 Å². The van der Waals surface area contributed by atoms with Gasteiger partial charge < -0.3 is 0 Å². The SMILES string of the molecule is Cc1c2c(c(CC(C)(C)C)c3ccccc13)Sc1cc(CC(C)(C)C)cc3cc[n+](C)c-2c13. The fourth-order valence-electron chi connectivity index (χ4n) is 5.49. The van der Waals surface area contributed by atoms with Gasteiger partial charge in [-0.2, -0.15) is 0 Å². The molecule has 0 bridgehead atoms. The van der Waals surface area contributed by atoms with E-state index in [1.165, 1.54) is 59.3 Å². The predicted molar refractivity (Wildman–Crippen MR) is 143 cm³/mol. The fraction of sp³-hybridized carbons (Fsp3) is 0.387. The normalized spacial score (nSPS) is 13.6. The molecule has 0 atom stereocenters. The van der Waals surface area contributed by atoms with Crippen LogP contribution < -0.4 is 4.57 Å². The molecule has 3 aromatic carbocycles. The van der Waals surface area contributed by atoms with Crippen molar-refractivity contribution in [2.24, 2.45) is 17.9 Å². The second-order valence-corrected chi connectivity index (χ2v) is 13.3. The van der Waals surface area contributed by atoms with Crippen molar-refractivity contribution in [2.45, 2.75) is 71.1 Å². The first kappa shape index (κ1) is 22.5. The third-order valence-corrected chi connectivity index (χ3v) is 7.88. The van der Waals surface area contributed by atoms with E-state index >= 15 is 0 Å². The molecule has 2 heterocycles. The first-order valence-corrected chi connectivity index (χ1v) is 12.9. The van der Waals surface area contributed by atoms with Crippen molar-refractivity contribution in [1.29, 1.82) is 0 Å². The second kappa shape index (κ2) is 7.60. The number of pyridine rings is 1. The van der Waals surface area contributed by atoms with Crippen LogP contribution in [0.2, 0.25) is 0 Å². The van der Waals surface area contributed by atoms with Crippen LogP contribution in [0.15, 0.2) is 58.5 Å². The number of aromatic nitrogens is 1. The van der Waals surface area contributed by atoms with E-state index in [0.29, 0.717) is 0 Å². The highest BCUT2D eigenvalue weighted by molar-refractivity contribution is 7.99. The van der Waals surface area contributed by atoms with Gasteiger partial charge in [0.25, 0.3) is 0 Å². The number of fused-ring (bicyclic) bond motifs is 3. The van der Waals surface area contributed by atoms with E-state index in [4.69, 9.17) is 0 Å². The minimum Gasteiger partial charge on any atom is -0.200 e. The molecule has 0 saturated carbocycles. The van der Waals surface area contributed by atoms with E-state index in [0.717, 1.165) is 12.8 Å². The summed E-state index contributed by atoms with van der Waals surface area (Å²) in [5.41, 5.74) is 7.64. The molecule has 5 rings (SSSR count). The lowest BCUT2D eigenvalue weighted by Crippen LogP contribution is -2.32. The van der Waals surface area contributed by atoms with Crippen LogP contribution in [0.4, 0.5) is 0 Å². The Balaban J connectivity index is 1.89. The van der Waals surface area contributed by atoms with Crippen molar-refractivity contribution in [3.63, 3.8) is 0 Å². The molecule has 0 spiro atoms. The van der Waals surface area contributed by atoms with Gasteiger partial charge in [-0.15, -0.1) is 0 Å². The Labute approximate surface area is 203 Å². The van der Waals surface area contributed by atoms with Crippen LogP contribution in [0.5, 0.6) is 0 Å². The number of rotatable bonds is 2. The van der Waals surface area contributed by atoms with Crippen molar-refractivity contribution in [3.8, 4) is 11.3 Å². The van der Waals surface area contributed by atoms with Crippen molar-refractivity contribution in [2.75, 3.05) is 0 Å². The van der Waals surface area contributed by atoms with E-state index in [9.17, 15) is 0 Å². The summed E-state index contributed by atoms with van der Waals surface area (Å²) in [5, 5.41) is 5.58. The topological polar surface area (TPSA) is 3.88 Å². The van der Waals surface area contributed by atoms with Crippen LogP contribution in [-0.2, 0) is 19.9 Å². The van der Waals surface area contributed by atoms with Gasteiger partial charge in [0, 0.05) is 15.9 Å².